The minimum absolute atomic E-state index is 0.0177. The summed E-state index contributed by atoms with van der Waals surface area (Å²) in [5.41, 5.74) is 0.503. The summed E-state index contributed by atoms with van der Waals surface area (Å²) >= 11 is 6.91. The van der Waals surface area contributed by atoms with E-state index in [4.69, 9.17) is 11.6 Å². The fourth-order valence-electron chi connectivity index (χ4n) is 6.78. The van der Waals surface area contributed by atoms with Crippen LogP contribution in [-0.4, -0.2) is 54.6 Å². The third kappa shape index (κ3) is 3.61. The van der Waals surface area contributed by atoms with Crippen LogP contribution in [0.3, 0.4) is 0 Å². The van der Waals surface area contributed by atoms with Crippen LogP contribution in [0.5, 0.6) is 0 Å². The molecule has 0 spiro atoms. The highest BCUT2D eigenvalue weighted by atomic mass is 35.5. The SMILES string of the molecule is O=C(N1CCN(S(=O)(=O)Cc2ccccc2)CC1)C12C[C@H]3C[C@@H](CC(Cl)(C3)C1)C2. The highest BCUT2D eigenvalue weighted by molar-refractivity contribution is 7.88. The molecule has 0 radical (unpaired) electrons. The molecule has 5 aliphatic rings. The normalized spacial score (nSPS) is 37.1. The molecule has 0 aromatic heterocycles. The summed E-state index contributed by atoms with van der Waals surface area (Å²) in [4.78, 5) is 15.3. The summed E-state index contributed by atoms with van der Waals surface area (Å²) < 4.78 is 27.1. The lowest BCUT2D eigenvalue weighted by atomic mass is 9.49. The van der Waals surface area contributed by atoms with Crippen LogP contribution in [0.15, 0.2) is 30.3 Å². The number of sulfonamides is 1. The Hall–Kier alpha value is -1.11. The zero-order valence-electron chi connectivity index (χ0n) is 16.7. The molecule has 158 valence electrons. The Morgan fingerprint density at radius 2 is 1.62 bits per heavy atom. The fourth-order valence-corrected chi connectivity index (χ4v) is 8.99. The number of piperazine rings is 1. The number of carbonyl (C=O) groups excluding carboxylic acids is 1. The Balaban J connectivity index is 1.25. The molecule has 0 unspecified atom stereocenters. The van der Waals surface area contributed by atoms with E-state index < -0.39 is 10.0 Å². The quantitative estimate of drug-likeness (QED) is 0.681. The zero-order valence-corrected chi connectivity index (χ0v) is 18.3. The van der Waals surface area contributed by atoms with E-state index in [0.717, 1.165) is 37.7 Å². The number of carbonyl (C=O) groups is 1. The van der Waals surface area contributed by atoms with Crippen molar-refractivity contribution in [3.05, 3.63) is 35.9 Å². The van der Waals surface area contributed by atoms with Crippen LogP contribution in [0.1, 0.15) is 44.1 Å². The van der Waals surface area contributed by atoms with Gasteiger partial charge in [0.1, 0.15) is 0 Å². The van der Waals surface area contributed by atoms with E-state index in [9.17, 15) is 13.2 Å². The molecule has 1 aromatic rings. The summed E-state index contributed by atoms with van der Waals surface area (Å²) in [5.74, 6) is 1.43. The van der Waals surface area contributed by atoms with Gasteiger partial charge in [0.25, 0.3) is 0 Å². The number of rotatable bonds is 4. The first kappa shape index (κ1) is 19.8. The van der Waals surface area contributed by atoms with Crippen molar-refractivity contribution in [3.63, 3.8) is 0 Å². The number of hydrogen-bond donors (Lipinski definition) is 0. The van der Waals surface area contributed by atoms with Gasteiger partial charge in [0, 0.05) is 31.1 Å². The van der Waals surface area contributed by atoms with Crippen LogP contribution >= 0.6 is 11.6 Å². The molecular weight excluding hydrogens is 408 g/mol. The first-order valence-electron chi connectivity index (χ1n) is 10.8. The van der Waals surface area contributed by atoms with Crippen LogP contribution in [0.4, 0.5) is 0 Å². The van der Waals surface area contributed by atoms with E-state index in [0.29, 0.717) is 38.0 Å². The van der Waals surface area contributed by atoms with Crippen molar-refractivity contribution < 1.29 is 13.2 Å². The molecule has 2 atom stereocenters. The van der Waals surface area contributed by atoms with E-state index >= 15 is 0 Å². The molecular formula is C22H29ClN2O3S. The number of alkyl halides is 1. The molecule has 7 heteroatoms. The van der Waals surface area contributed by atoms with Crippen LogP contribution in [0, 0.1) is 17.3 Å². The Bertz CT molecular complexity index is 882. The van der Waals surface area contributed by atoms with E-state index in [1.165, 1.54) is 6.42 Å². The minimum atomic E-state index is -3.37. The molecule has 5 fully saturated rings. The minimum Gasteiger partial charge on any atom is -0.340 e. The lowest BCUT2D eigenvalue weighted by Gasteiger charge is -2.60. The van der Waals surface area contributed by atoms with Gasteiger partial charge in [-0.05, 0) is 55.9 Å². The topological polar surface area (TPSA) is 57.7 Å². The van der Waals surface area contributed by atoms with Crippen molar-refractivity contribution in [3.8, 4) is 0 Å². The largest absolute Gasteiger partial charge is 0.340 e. The van der Waals surface area contributed by atoms with E-state index in [2.05, 4.69) is 0 Å². The van der Waals surface area contributed by atoms with Crippen molar-refractivity contribution in [1.82, 2.24) is 9.21 Å². The van der Waals surface area contributed by atoms with Gasteiger partial charge < -0.3 is 4.90 Å². The lowest BCUT2D eigenvalue weighted by Crippen LogP contribution is -2.61. The maximum absolute atomic E-state index is 13.5. The van der Waals surface area contributed by atoms with Crippen LogP contribution in [0.25, 0.3) is 0 Å². The standard InChI is InChI=1S/C22H29ClN2O3S/c23-22-13-18-10-19(14-22)12-21(11-18,16-22)20(26)24-6-8-25(9-7-24)29(27,28)15-17-4-2-1-3-5-17/h1-5,18-19H,6-16H2/t18-,19-,21?,22?/m1/s1. The molecule has 29 heavy (non-hydrogen) atoms. The van der Waals surface area contributed by atoms with Gasteiger partial charge in [-0.25, -0.2) is 8.42 Å². The van der Waals surface area contributed by atoms with Crippen LogP contribution < -0.4 is 0 Å². The highest BCUT2D eigenvalue weighted by Crippen LogP contribution is 2.64. The smallest absolute Gasteiger partial charge is 0.228 e. The molecule has 1 saturated heterocycles. The number of amides is 1. The van der Waals surface area contributed by atoms with Gasteiger partial charge in [0.15, 0.2) is 0 Å². The zero-order chi connectivity index (χ0) is 20.3. The maximum atomic E-state index is 13.5. The summed E-state index contributed by atoms with van der Waals surface area (Å²) in [6, 6.07) is 9.28. The highest BCUT2D eigenvalue weighted by Gasteiger charge is 2.60. The number of nitrogens with zero attached hydrogens (tertiary/aromatic N) is 2. The average Bonchev–Trinajstić information content (AvgIpc) is 2.66. The summed E-state index contributed by atoms with van der Waals surface area (Å²) in [5, 5.41) is 0. The number of halogens is 1. The van der Waals surface area contributed by atoms with Gasteiger partial charge in [-0.2, -0.15) is 4.31 Å². The third-order valence-electron chi connectivity index (χ3n) is 7.55. The van der Waals surface area contributed by atoms with Crippen molar-refractivity contribution in [2.24, 2.45) is 17.3 Å². The van der Waals surface area contributed by atoms with Gasteiger partial charge >= 0.3 is 0 Å². The van der Waals surface area contributed by atoms with E-state index in [1.54, 1.807) is 4.31 Å². The van der Waals surface area contributed by atoms with E-state index in [-0.39, 0.29) is 21.9 Å². The van der Waals surface area contributed by atoms with Crippen molar-refractivity contribution in [2.75, 3.05) is 26.2 Å². The number of benzene rings is 1. The van der Waals surface area contributed by atoms with Crippen molar-refractivity contribution in [1.29, 1.82) is 0 Å². The predicted molar refractivity (Wildman–Crippen MR) is 113 cm³/mol. The van der Waals surface area contributed by atoms with Crippen LogP contribution in [0.2, 0.25) is 0 Å². The molecule has 1 amide bonds. The van der Waals surface area contributed by atoms with Gasteiger partial charge in [-0.15, -0.1) is 11.6 Å². The first-order valence-corrected chi connectivity index (χ1v) is 12.8. The molecule has 5 nitrogen and oxygen atoms in total. The molecule has 1 heterocycles. The number of hydrogen-bond acceptors (Lipinski definition) is 3. The summed E-state index contributed by atoms with van der Waals surface area (Å²) in [6.45, 7) is 1.74. The Morgan fingerprint density at radius 3 is 2.21 bits per heavy atom. The Morgan fingerprint density at radius 1 is 1.00 bits per heavy atom. The second kappa shape index (κ2) is 6.96. The monoisotopic (exact) mass is 436 g/mol. The van der Waals surface area contributed by atoms with Gasteiger partial charge in [-0.3, -0.25) is 4.79 Å². The predicted octanol–water partition coefficient (Wildman–Crippen LogP) is 3.24. The molecule has 1 aromatic carbocycles. The summed E-state index contributed by atoms with van der Waals surface area (Å²) in [6.07, 6.45) is 6.11. The van der Waals surface area contributed by atoms with Crippen molar-refractivity contribution in [2.45, 2.75) is 49.2 Å². The van der Waals surface area contributed by atoms with Gasteiger partial charge in [-0.1, -0.05) is 30.3 Å². The molecule has 0 N–H and O–H groups in total. The Kier molecular flexibility index (Phi) is 4.76. The third-order valence-corrected chi connectivity index (χ3v) is 9.85. The molecule has 6 rings (SSSR count). The molecule has 4 aliphatic carbocycles. The average molecular weight is 437 g/mol. The van der Waals surface area contributed by atoms with E-state index in [1.807, 2.05) is 35.2 Å². The lowest BCUT2D eigenvalue weighted by molar-refractivity contribution is -0.157. The van der Waals surface area contributed by atoms with Gasteiger partial charge in [0.2, 0.25) is 15.9 Å². The Labute approximate surface area is 178 Å². The fraction of sp³-hybridized carbons (Fsp3) is 0.682. The van der Waals surface area contributed by atoms with Crippen molar-refractivity contribution >= 4 is 27.5 Å². The van der Waals surface area contributed by atoms with Gasteiger partial charge in [0.05, 0.1) is 11.2 Å². The first-order chi connectivity index (χ1) is 13.8. The maximum Gasteiger partial charge on any atom is 0.228 e. The second-order valence-corrected chi connectivity index (χ2v) is 12.6. The second-order valence-electron chi connectivity index (χ2n) is 9.83. The molecule has 4 bridgehead atoms. The summed E-state index contributed by atoms with van der Waals surface area (Å²) in [7, 11) is -3.37. The molecule has 4 saturated carbocycles. The molecule has 1 aliphatic heterocycles. The van der Waals surface area contributed by atoms with Crippen LogP contribution in [-0.2, 0) is 20.6 Å².